The molecular weight excluding hydrogens is 312 g/mol. The summed E-state index contributed by atoms with van der Waals surface area (Å²) in [5.74, 6) is 1.96. The van der Waals surface area contributed by atoms with Crippen LogP contribution in [-0.2, 0) is 0 Å². The predicted octanol–water partition coefficient (Wildman–Crippen LogP) is 3.45. The van der Waals surface area contributed by atoms with Crippen molar-refractivity contribution in [1.29, 1.82) is 0 Å². The second-order valence-corrected chi connectivity index (χ2v) is 9.74. The fraction of sp³-hybridized carbons (Fsp3) is 0.818. The predicted molar refractivity (Wildman–Crippen MR) is 98.8 cm³/mol. The lowest BCUT2D eigenvalue weighted by Crippen LogP contribution is -2.52. The fourth-order valence-corrected chi connectivity index (χ4v) is 7.15. The Balaban J connectivity index is 1.71. The van der Waals surface area contributed by atoms with E-state index in [1.54, 1.807) is 5.57 Å². The van der Waals surface area contributed by atoms with Crippen molar-refractivity contribution in [2.45, 2.75) is 71.5 Å². The van der Waals surface area contributed by atoms with Gasteiger partial charge in [-0.25, -0.2) is 0 Å². The lowest BCUT2D eigenvalue weighted by Gasteiger charge is -2.56. The Hall–Kier alpha value is -0.640. The van der Waals surface area contributed by atoms with Crippen LogP contribution in [0.4, 0.5) is 0 Å². The summed E-state index contributed by atoms with van der Waals surface area (Å²) < 4.78 is 0. The molecule has 0 amide bonds. The minimum atomic E-state index is -0.450. The summed E-state index contributed by atoms with van der Waals surface area (Å²) in [5, 5.41) is 30.7. The summed E-state index contributed by atoms with van der Waals surface area (Å²) in [7, 11) is 0. The van der Waals surface area contributed by atoms with Gasteiger partial charge < -0.3 is 15.3 Å². The van der Waals surface area contributed by atoms with Gasteiger partial charge in [0, 0.05) is 18.4 Å². The van der Waals surface area contributed by atoms with Gasteiger partial charge >= 0.3 is 0 Å². The maximum Gasteiger partial charge on any atom is 0.0661 e. The van der Waals surface area contributed by atoms with Crippen molar-refractivity contribution in [3.63, 3.8) is 0 Å². The van der Waals surface area contributed by atoms with E-state index in [4.69, 9.17) is 0 Å². The van der Waals surface area contributed by atoms with E-state index in [0.29, 0.717) is 36.5 Å². The van der Waals surface area contributed by atoms with Gasteiger partial charge in [0.2, 0.25) is 0 Å². The summed E-state index contributed by atoms with van der Waals surface area (Å²) in [4.78, 5) is 0. The van der Waals surface area contributed by atoms with Gasteiger partial charge in [0.1, 0.15) is 0 Å². The second kappa shape index (κ2) is 5.94. The molecule has 25 heavy (non-hydrogen) atoms. The van der Waals surface area contributed by atoms with E-state index in [0.717, 1.165) is 6.42 Å². The Labute approximate surface area is 151 Å². The molecule has 0 aromatic carbocycles. The van der Waals surface area contributed by atoms with Gasteiger partial charge in [0.25, 0.3) is 0 Å². The third-order valence-corrected chi connectivity index (χ3v) is 8.70. The molecule has 3 heteroatoms. The quantitative estimate of drug-likeness (QED) is 0.718. The third kappa shape index (κ3) is 2.35. The van der Waals surface area contributed by atoms with Gasteiger partial charge in [-0.15, -0.1) is 0 Å². The standard InChI is InChI=1S/C22H34O3/c1-13(12-23)17-6-7-18-16-5-4-14-10-15(24)11-20(25)22(14,3)19(16)8-9-21(17,18)2/h4-5,13,15,17-20,23-25H,6-12H2,1-3H3/t13?,15-,17-,18+,19+,20+,21-,22+/m1/s1. The highest BCUT2D eigenvalue weighted by atomic mass is 16.3. The number of aliphatic hydroxyl groups is 3. The SMILES string of the molecule is CC(CO)[C@H]1CC[C@H]2C3=CC=C4C[C@@H](O)C[C@H](O)[C@]4(C)[C@H]3CC[C@]12C. The molecule has 0 bridgehead atoms. The first-order chi connectivity index (χ1) is 11.8. The van der Waals surface area contributed by atoms with Crippen LogP contribution in [0, 0.1) is 34.5 Å². The van der Waals surface area contributed by atoms with Crippen molar-refractivity contribution in [2.24, 2.45) is 34.5 Å². The monoisotopic (exact) mass is 346 g/mol. The van der Waals surface area contributed by atoms with Crippen LogP contribution in [0.25, 0.3) is 0 Å². The molecule has 1 unspecified atom stereocenters. The molecule has 0 aliphatic heterocycles. The van der Waals surface area contributed by atoms with Crippen molar-refractivity contribution in [3.8, 4) is 0 Å². The second-order valence-electron chi connectivity index (χ2n) is 9.74. The van der Waals surface area contributed by atoms with Crippen LogP contribution in [0.5, 0.6) is 0 Å². The molecule has 8 atom stereocenters. The molecule has 0 saturated heterocycles. The average Bonchev–Trinajstić information content (AvgIpc) is 2.93. The van der Waals surface area contributed by atoms with Gasteiger partial charge in [-0.05, 0) is 61.2 Å². The lowest BCUT2D eigenvalue weighted by atomic mass is 9.49. The highest BCUT2D eigenvalue weighted by molar-refractivity contribution is 5.40. The molecule has 0 aromatic heterocycles. The highest BCUT2D eigenvalue weighted by Gasteiger charge is 2.58. The molecule has 140 valence electrons. The number of hydrogen-bond acceptors (Lipinski definition) is 3. The molecule has 0 aromatic rings. The maximum absolute atomic E-state index is 10.9. The molecular formula is C22H34O3. The first-order valence-corrected chi connectivity index (χ1v) is 10.2. The highest BCUT2D eigenvalue weighted by Crippen LogP contribution is 2.65. The Morgan fingerprint density at radius 2 is 1.88 bits per heavy atom. The van der Waals surface area contributed by atoms with E-state index in [-0.39, 0.29) is 17.4 Å². The molecule has 3 nitrogen and oxygen atoms in total. The maximum atomic E-state index is 10.9. The van der Waals surface area contributed by atoms with E-state index in [2.05, 4.69) is 32.9 Å². The van der Waals surface area contributed by atoms with Crippen LogP contribution in [0.2, 0.25) is 0 Å². The van der Waals surface area contributed by atoms with Gasteiger partial charge in [-0.1, -0.05) is 44.1 Å². The van der Waals surface area contributed by atoms with Crippen molar-refractivity contribution in [2.75, 3.05) is 6.61 Å². The number of rotatable bonds is 2. The van der Waals surface area contributed by atoms with E-state index >= 15 is 0 Å². The van der Waals surface area contributed by atoms with E-state index in [1.165, 1.54) is 24.8 Å². The number of hydrogen-bond donors (Lipinski definition) is 3. The van der Waals surface area contributed by atoms with Gasteiger partial charge in [-0.2, -0.15) is 0 Å². The van der Waals surface area contributed by atoms with E-state index in [9.17, 15) is 15.3 Å². The van der Waals surface area contributed by atoms with E-state index in [1.807, 2.05) is 0 Å². The molecule has 4 aliphatic carbocycles. The summed E-state index contributed by atoms with van der Waals surface area (Å²) in [6, 6.07) is 0. The van der Waals surface area contributed by atoms with Crippen LogP contribution in [0.1, 0.15) is 59.3 Å². The summed E-state index contributed by atoms with van der Waals surface area (Å²) in [5.41, 5.74) is 2.87. The van der Waals surface area contributed by atoms with Crippen molar-refractivity contribution in [1.82, 2.24) is 0 Å². The molecule has 3 fully saturated rings. The lowest BCUT2D eigenvalue weighted by molar-refractivity contribution is -0.0551. The van der Waals surface area contributed by atoms with Crippen molar-refractivity contribution < 1.29 is 15.3 Å². The Kier molecular flexibility index (Phi) is 4.22. The third-order valence-electron chi connectivity index (χ3n) is 8.70. The average molecular weight is 347 g/mol. The molecule has 4 rings (SSSR count). The molecule has 3 N–H and O–H groups in total. The van der Waals surface area contributed by atoms with Crippen LogP contribution in [0.3, 0.4) is 0 Å². The smallest absolute Gasteiger partial charge is 0.0661 e. The Morgan fingerprint density at radius 1 is 1.12 bits per heavy atom. The Bertz CT molecular complexity index is 608. The topological polar surface area (TPSA) is 60.7 Å². The number of fused-ring (bicyclic) bond motifs is 5. The molecule has 3 saturated carbocycles. The van der Waals surface area contributed by atoms with E-state index < -0.39 is 12.2 Å². The molecule has 0 heterocycles. The zero-order valence-corrected chi connectivity index (χ0v) is 15.9. The minimum absolute atomic E-state index is 0.203. The first kappa shape index (κ1) is 17.8. The Morgan fingerprint density at radius 3 is 2.60 bits per heavy atom. The zero-order chi connectivity index (χ0) is 18.0. The van der Waals surface area contributed by atoms with Gasteiger partial charge in [-0.3, -0.25) is 0 Å². The van der Waals surface area contributed by atoms with Crippen LogP contribution < -0.4 is 0 Å². The van der Waals surface area contributed by atoms with Crippen LogP contribution in [0.15, 0.2) is 23.3 Å². The molecule has 4 aliphatic rings. The normalized spacial score (nSPS) is 50.2. The molecule has 0 radical (unpaired) electrons. The summed E-state index contributed by atoms with van der Waals surface area (Å²) in [6.07, 6.45) is 9.64. The number of allylic oxidation sites excluding steroid dienone is 3. The zero-order valence-electron chi connectivity index (χ0n) is 15.9. The van der Waals surface area contributed by atoms with Crippen LogP contribution >= 0.6 is 0 Å². The minimum Gasteiger partial charge on any atom is -0.396 e. The van der Waals surface area contributed by atoms with Crippen LogP contribution in [-0.4, -0.2) is 34.1 Å². The fourth-order valence-electron chi connectivity index (χ4n) is 7.15. The first-order valence-electron chi connectivity index (χ1n) is 10.2. The summed E-state index contributed by atoms with van der Waals surface area (Å²) >= 11 is 0. The molecule has 0 spiro atoms. The van der Waals surface area contributed by atoms with Gasteiger partial charge in [0.05, 0.1) is 12.2 Å². The summed E-state index contributed by atoms with van der Waals surface area (Å²) in [6.45, 7) is 7.17. The van der Waals surface area contributed by atoms with Crippen molar-refractivity contribution >= 4 is 0 Å². The number of aliphatic hydroxyl groups excluding tert-OH is 3. The van der Waals surface area contributed by atoms with Gasteiger partial charge in [0.15, 0.2) is 0 Å². The largest absolute Gasteiger partial charge is 0.396 e. The van der Waals surface area contributed by atoms with Crippen molar-refractivity contribution in [3.05, 3.63) is 23.3 Å².